The number of likely N-dealkylation sites (tertiary alicyclic amines) is 1. The number of hydrogen-bond acceptors (Lipinski definition) is 3. The maximum atomic E-state index is 12.5. The Kier molecular flexibility index (Phi) is 6.55. The third kappa shape index (κ3) is 5.50. The summed E-state index contributed by atoms with van der Waals surface area (Å²) in [4.78, 5) is 26.4. The van der Waals surface area contributed by atoms with Crippen LogP contribution in [0.4, 0.5) is 5.69 Å². The number of nitrogens with one attached hydrogen (secondary N) is 2. The second-order valence-electron chi connectivity index (χ2n) is 6.77. The van der Waals surface area contributed by atoms with Gasteiger partial charge in [-0.3, -0.25) is 14.9 Å². The van der Waals surface area contributed by atoms with Crippen molar-refractivity contribution in [3.63, 3.8) is 0 Å². The van der Waals surface area contributed by atoms with Crippen LogP contribution in [0.1, 0.15) is 34.3 Å². The zero-order valence-corrected chi connectivity index (χ0v) is 16.6. The normalized spacial score (nSPS) is 13.5. The molecule has 144 valence electrons. The second kappa shape index (κ2) is 9.28. The van der Waals surface area contributed by atoms with Gasteiger partial charge in [-0.15, -0.1) is 0 Å². The Hall–Kier alpha value is -2.99. The van der Waals surface area contributed by atoms with Crippen molar-refractivity contribution in [1.29, 1.82) is 0 Å². The first-order valence-corrected chi connectivity index (χ1v) is 9.68. The summed E-state index contributed by atoms with van der Waals surface area (Å²) in [6, 6.07) is 15.0. The minimum Gasteiger partial charge on any atom is -0.339 e. The van der Waals surface area contributed by atoms with Crippen molar-refractivity contribution >= 4 is 40.9 Å². The molecular formula is C22H23N3O2S. The van der Waals surface area contributed by atoms with Gasteiger partial charge in [0.15, 0.2) is 5.11 Å². The van der Waals surface area contributed by atoms with Crippen molar-refractivity contribution < 1.29 is 9.59 Å². The Morgan fingerprint density at radius 2 is 1.79 bits per heavy atom. The third-order valence-corrected chi connectivity index (χ3v) is 4.71. The van der Waals surface area contributed by atoms with Crippen LogP contribution in [-0.2, 0) is 4.79 Å². The van der Waals surface area contributed by atoms with E-state index in [1.165, 1.54) is 6.08 Å². The van der Waals surface area contributed by atoms with Gasteiger partial charge >= 0.3 is 0 Å². The van der Waals surface area contributed by atoms with Gasteiger partial charge in [-0.2, -0.15) is 0 Å². The number of benzene rings is 2. The van der Waals surface area contributed by atoms with Gasteiger partial charge in [0.25, 0.3) is 5.91 Å². The molecule has 0 atom stereocenters. The fraction of sp³-hybridized carbons (Fsp3) is 0.227. The van der Waals surface area contributed by atoms with E-state index in [0.29, 0.717) is 11.3 Å². The molecule has 1 aliphatic rings. The Balaban J connectivity index is 1.55. The van der Waals surface area contributed by atoms with E-state index in [1.54, 1.807) is 30.3 Å². The predicted molar refractivity (Wildman–Crippen MR) is 116 cm³/mol. The van der Waals surface area contributed by atoms with E-state index in [1.807, 2.05) is 36.1 Å². The molecule has 3 rings (SSSR count). The highest BCUT2D eigenvalue weighted by atomic mass is 32.1. The molecule has 6 heteroatoms. The zero-order chi connectivity index (χ0) is 19.9. The van der Waals surface area contributed by atoms with Crippen LogP contribution in [0.3, 0.4) is 0 Å². The van der Waals surface area contributed by atoms with Gasteiger partial charge < -0.3 is 10.2 Å². The Morgan fingerprint density at radius 3 is 2.50 bits per heavy atom. The molecule has 2 amide bonds. The lowest BCUT2D eigenvalue weighted by molar-refractivity contribution is -0.115. The number of carbonyl (C=O) groups is 2. The van der Waals surface area contributed by atoms with Crippen LogP contribution in [0.15, 0.2) is 54.6 Å². The van der Waals surface area contributed by atoms with Gasteiger partial charge in [-0.05, 0) is 61.8 Å². The van der Waals surface area contributed by atoms with Crippen molar-refractivity contribution in [1.82, 2.24) is 10.2 Å². The summed E-state index contributed by atoms with van der Waals surface area (Å²) < 4.78 is 0. The molecule has 28 heavy (non-hydrogen) atoms. The topological polar surface area (TPSA) is 61.4 Å². The number of anilines is 1. The molecular weight excluding hydrogens is 370 g/mol. The molecule has 1 aliphatic heterocycles. The molecule has 0 aromatic heterocycles. The molecule has 5 nitrogen and oxygen atoms in total. The average Bonchev–Trinajstić information content (AvgIpc) is 3.22. The quantitative estimate of drug-likeness (QED) is 0.613. The van der Waals surface area contributed by atoms with Crippen LogP contribution in [0, 0.1) is 6.92 Å². The molecule has 2 aromatic rings. The molecule has 1 fully saturated rings. The van der Waals surface area contributed by atoms with Gasteiger partial charge in [-0.25, -0.2) is 0 Å². The summed E-state index contributed by atoms with van der Waals surface area (Å²) >= 11 is 5.20. The number of rotatable bonds is 4. The number of thiocarbonyl (C=S) groups is 1. The lowest BCUT2D eigenvalue weighted by atomic mass is 10.1. The maximum Gasteiger partial charge on any atom is 0.253 e. The molecule has 1 heterocycles. The Morgan fingerprint density at radius 1 is 1.07 bits per heavy atom. The van der Waals surface area contributed by atoms with Crippen molar-refractivity contribution in [3.8, 4) is 0 Å². The van der Waals surface area contributed by atoms with Crippen LogP contribution in [-0.4, -0.2) is 34.9 Å². The standard InChI is InChI=1S/C22H23N3O2S/c1-16-7-9-17(10-8-16)11-12-20(26)24-22(28)23-19-6-4-5-18(15-19)21(27)25-13-2-3-14-25/h4-12,15H,2-3,13-14H2,1H3,(H2,23,24,26,28)/b12-11+. The number of hydrogen-bond donors (Lipinski definition) is 2. The number of carbonyl (C=O) groups excluding carboxylic acids is 2. The van der Waals surface area contributed by atoms with Gasteiger partial charge in [-0.1, -0.05) is 35.9 Å². The molecule has 2 N–H and O–H groups in total. The van der Waals surface area contributed by atoms with Gasteiger partial charge in [0.1, 0.15) is 0 Å². The smallest absolute Gasteiger partial charge is 0.253 e. The molecule has 2 aromatic carbocycles. The van der Waals surface area contributed by atoms with E-state index in [-0.39, 0.29) is 16.9 Å². The lowest BCUT2D eigenvalue weighted by Crippen LogP contribution is -2.33. The van der Waals surface area contributed by atoms with E-state index in [9.17, 15) is 9.59 Å². The molecule has 0 aliphatic carbocycles. The highest BCUT2D eigenvalue weighted by Gasteiger charge is 2.19. The summed E-state index contributed by atoms with van der Waals surface area (Å²) in [6.45, 7) is 3.62. The van der Waals surface area contributed by atoms with E-state index in [4.69, 9.17) is 12.2 Å². The van der Waals surface area contributed by atoms with E-state index in [2.05, 4.69) is 10.6 Å². The van der Waals surface area contributed by atoms with Crippen molar-refractivity contribution in [2.24, 2.45) is 0 Å². The molecule has 0 bridgehead atoms. The Bertz CT molecular complexity index is 900. The van der Waals surface area contributed by atoms with E-state index < -0.39 is 0 Å². The number of amides is 2. The van der Waals surface area contributed by atoms with Crippen LogP contribution < -0.4 is 10.6 Å². The minimum absolute atomic E-state index is 0.0251. The van der Waals surface area contributed by atoms with Crippen molar-refractivity contribution in [3.05, 3.63) is 71.3 Å². The molecule has 1 saturated heterocycles. The lowest BCUT2D eigenvalue weighted by Gasteiger charge is -2.16. The molecule has 0 radical (unpaired) electrons. The first-order chi connectivity index (χ1) is 13.5. The second-order valence-corrected chi connectivity index (χ2v) is 7.18. The first kappa shape index (κ1) is 19.8. The summed E-state index contributed by atoms with van der Waals surface area (Å²) in [7, 11) is 0. The zero-order valence-electron chi connectivity index (χ0n) is 15.8. The average molecular weight is 394 g/mol. The first-order valence-electron chi connectivity index (χ1n) is 9.27. The summed E-state index contributed by atoms with van der Waals surface area (Å²) in [6.07, 6.45) is 5.27. The fourth-order valence-electron chi connectivity index (χ4n) is 3.00. The van der Waals surface area contributed by atoms with Crippen molar-refractivity contribution in [2.75, 3.05) is 18.4 Å². The van der Waals surface area contributed by atoms with Gasteiger partial charge in [0, 0.05) is 30.4 Å². The van der Waals surface area contributed by atoms with Gasteiger partial charge in [0.05, 0.1) is 0 Å². The summed E-state index contributed by atoms with van der Waals surface area (Å²) in [5.41, 5.74) is 3.38. The largest absolute Gasteiger partial charge is 0.339 e. The summed E-state index contributed by atoms with van der Waals surface area (Å²) in [5.74, 6) is -0.292. The van der Waals surface area contributed by atoms with Crippen LogP contribution >= 0.6 is 12.2 Å². The molecule has 0 unspecified atom stereocenters. The predicted octanol–water partition coefficient (Wildman–Crippen LogP) is 3.76. The maximum absolute atomic E-state index is 12.5. The highest BCUT2D eigenvalue weighted by molar-refractivity contribution is 7.80. The van der Waals surface area contributed by atoms with Crippen LogP contribution in [0.2, 0.25) is 0 Å². The fourth-order valence-corrected chi connectivity index (χ4v) is 3.22. The van der Waals surface area contributed by atoms with Gasteiger partial charge in [0.2, 0.25) is 5.91 Å². The van der Waals surface area contributed by atoms with Crippen molar-refractivity contribution in [2.45, 2.75) is 19.8 Å². The highest BCUT2D eigenvalue weighted by Crippen LogP contribution is 2.16. The SMILES string of the molecule is Cc1ccc(/C=C/C(=O)NC(=S)Nc2cccc(C(=O)N3CCCC3)c2)cc1. The monoisotopic (exact) mass is 393 g/mol. The number of aryl methyl sites for hydroxylation is 1. The molecule has 0 spiro atoms. The summed E-state index contributed by atoms with van der Waals surface area (Å²) in [5, 5.41) is 5.76. The van der Waals surface area contributed by atoms with Crippen LogP contribution in [0.5, 0.6) is 0 Å². The Labute approximate surface area is 170 Å². The van der Waals surface area contributed by atoms with Crippen LogP contribution in [0.25, 0.3) is 6.08 Å². The van der Waals surface area contributed by atoms with E-state index in [0.717, 1.165) is 37.1 Å². The minimum atomic E-state index is -0.317. The number of nitrogens with zero attached hydrogens (tertiary/aromatic N) is 1. The third-order valence-electron chi connectivity index (χ3n) is 4.50. The van der Waals surface area contributed by atoms with E-state index >= 15 is 0 Å². The molecule has 0 saturated carbocycles.